The lowest BCUT2D eigenvalue weighted by Crippen LogP contribution is -2.00. The maximum absolute atomic E-state index is 11.7. The number of ketones is 1. The van der Waals surface area contributed by atoms with Crippen LogP contribution in [0.5, 0.6) is 0 Å². The van der Waals surface area contributed by atoms with Gasteiger partial charge < -0.3 is 0 Å². The Hall–Kier alpha value is -0.760. The molecule has 1 aromatic carbocycles. The minimum Gasteiger partial charge on any atom is -0.294 e. The van der Waals surface area contributed by atoms with Gasteiger partial charge in [0, 0.05) is 17.7 Å². The van der Waals surface area contributed by atoms with Crippen molar-refractivity contribution in [3.63, 3.8) is 0 Å². The van der Waals surface area contributed by atoms with Crippen LogP contribution in [0.3, 0.4) is 0 Å². The van der Waals surface area contributed by atoms with Crippen LogP contribution >= 0.6 is 11.8 Å². The highest BCUT2D eigenvalue weighted by atomic mass is 32.2. The van der Waals surface area contributed by atoms with Crippen LogP contribution in [0.1, 0.15) is 37.0 Å². The van der Waals surface area contributed by atoms with E-state index in [1.165, 1.54) is 12.2 Å². The van der Waals surface area contributed by atoms with Crippen molar-refractivity contribution < 1.29 is 4.79 Å². The van der Waals surface area contributed by atoms with Crippen LogP contribution in [0.15, 0.2) is 30.3 Å². The van der Waals surface area contributed by atoms with Gasteiger partial charge in [0.05, 0.1) is 0 Å². The topological polar surface area (TPSA) is 17.1 Å². The third kappa shape index (κ3) is 5.36. The average molecular weight is 236 g/mol. The Morgan fingerprint density at radius 2 is 1.88 bits per heavy atom. The molecule has 1 nitrogen and oxygen atoms in total. The van der Waals surface area contributed by atoms with Crippen LogP contribution in [0.2, 0.25) is 0 Å². The highest BCUT2D eigenvalue weighted by molar-refractivity contribution is 7.99. The van der Waals surface area contributed by atoms with E-state index in [2.05, 4.69) is 13.8 Å². The molecule has 2 heteroatoms. The second kappa shape index (κ2) is 7.50. The molecule has 0 N–H and O–H groups in total. The van der Waals surface area contributed by atoms with Crippen molar-refractivity contribution in [2.24, 2.45) is 5.92 Å². The Morgan fingerprint density at radius 3 is 2.50 bits per heavy atom. The number of hydrogen-bond donors (Lipinski definition) is 0. The monoisotopic (exact) mass is 236 g/mol. The molecular formula is C14H20OS. The van der Waals surface area contributed by atoms with Crippen LogP contribution in [0, 0.1) is 5.92 Å². The van der Waals surface area contributed by atoms with Gasteiger partial charge in [0.2, 0.25) is 0 Å². The molecular weight excluding hydrogens is 216 g/mol. The summed E-state index contributed by atoms with van der Waals surface area (Å²) in [6.07, 6.45) is 1.90. The predicted molar refractivity (Wildman–Crippen MR) is 72.2 cm³/mol. The number of Topliss-reactive ketones (excluding diaryl/α,β-unsaturated/α-hetero) is 1. The lowest BCUT2D eigenvalue weighted by atomic mass is 10.1. The van der Waals surface area contributed by atoms with E-state index in [0.717, 1.165) is 17.2 Å². The van der Waals surface area contributed by atoms with E-state index in [0.29, 0.717) is 6.42 Å². The zero-order chi connectivity index (χ0) is 11.8. The van der Waals surface area contributed by atoms with Crippen molar-refractivity contribution in [2.45, 2.75) is 26.7 Å². The van der Waals surface area contributed by atoms with Crippen LogP contribution in [0.25, 0.3) is 0 Å². The normalized spacial score (nSPS) is 10.7. The number of carbonyl (C=O) groups is 1. The molecule has 0 saturated heterocycles. The summed E-state index contributed by atoms with van der Waals surface area (Å²) in [7, 11) is 0. The molecule has 0 aliphatic rings. The van der Waals surface area contributed by atoms with Gasteiger partial charge in [-0.3, -0.25) is 4.79 Å². The van der Waals surface area contributed by atoms with Gasteiger partial charge in [0.25, 0.3) is 0 Å². The van der Waals surface area contributed by atoms with Gasteiger partial charge in [0.15, 0.2) is 5.78 Å². The van der Waals surface area contributed by atoms with E-state index in [1.54, 1.807) is 0 Å². The molecule has 1 rings (SSSR count). The van der Waals surface area contributed by atoms with Crippen molar-refractivity contribution in [3.8, 4) is 0 Å². The van der Waals surface area contributed by atoms with Crippen LogP contribution < -0.4 is 0 Å². The lowest BCUT2D eigenvalue weighted by molar-refractivity contribution is 0.0989. The quantitative estimate of drug-likeness (QED) is 0.525. The van der Waals surface area contributed by atoms with E-state index in [9.17, 15) is 4.79 Å². The van der Waals surface area contributed by atoms with Gasteiger partial charge in [0.1, 0.15) is 0 Å². The fraction of sp³-hybridized carbons (Fsp3) is 0.500. The van der Waals surface area contributed by atoms with Gasteiger partial charge in [-0.05, 0) is 18.1 Å². The van der Waals surface area contributed by atoms with E-state index in [1.807, 2.05) is 42.1 Å². The molecule has 1 aromatic rings. The lowest BCUT2D eigenvalue weighted by Gasteiger charge is -2.04. The van der Waals surface area contributed by atoms with Crippen molar-refractivity contribution in [1.82, 2.24) is 0 Å². The number of benzene rings is 1. The summed E-state index contributed by atoms with van der Waals surface area (Å²) in [6, 6.07) is 9.55. The number of thioether (sulfide) groups is 1. The standard InChI is InChI=1S/C14H20OS/c1-12(2)8-10-16-11-9-14(15)13-6-4-3-5-7-13/h3-7,12H,8-11H2,1-2H3. The average Bonchev–Trinajstić information content (AvgIpc) is 2.29. The molecule has 0 unspecified atom stereocenters. The zero-order valence-corrected chi connectivity index (χ0v) is 10.9. The molecule has 0 aliphatic carbocycles. The maximum atomic E-state index is 11.7. The summed E-state index contributed by atoms with van der Waals surface area (Å²) in [6.45, 7) is 4.46. The summed E-state index contributed by atoms with van der Waals surface area (Å²) in [4.78, 5) is 11.7. The highest BCUT2D eigenvalue weighted by Crippen LogP contribution is 2.11. The smallest absolute Gasteiger partial charge is 0.163 e. The predicted octanol–water partition coefficient (Wildman–Crippen LogP) is 4.04. The minimum atomic E-state index is 0.262. The molecule has 0 bridgehead atoms. The Balaban J connectivity index is 2.16. The van der Waals surface area contributed by atoms with Crippen molar-refractivity contribution in [3.05, 3.63) is 35.9 Å². The molecule has 0 aliphatic heterocycles. The van der Waals surface area contributed by atoms with E-state index < -0.39 is 0 Å². The van der Waals surface area contributed by atoms with E-state index >= 15 is 0 Å². The molecule has 16 heavy (non-hydrogen) atoms. The first kappa shape index (κ1) is 13.3. The van der Waals surface area contributed by atoms with Gasteiger partial charge >= 0.3 is 0 Å². The maximum Gasteiger partial charge on any atom is 0.163 e. The van der Waals surface area contributed by atoms with Crippen molar-refractivity contribution >= 4 is 17.5 Å². The first-order valence-electron chi connectivity index (χ1n) is 5.86. The van der Waals surface area contributed by atoms with Gasteiger partial charge in [-0.1, -0.05) is 44.2 Å². The summed E-state index contributed by atoms with van der Waals surface area (Å²) in [5.41, 5.74) is 0.840. The molecule has 0 amide bonds. The van der Waals surface area contributed by atoms with Crippen LogP contribution in [0.4, 0.5) is 0 Å². The highest BCUT2D eigenvalue weighted by Gasteiger charge is 2.04. The first-order chi connectivity index (χ1) is 7.70. The Morgan fingerprint density at radius 1 is 1.19 bits per heavy atom. The third-order valence-corrected chi connectivity index (χ3v) is 3.43. The number of carbonyl (C=O) groups excluding carboxylic acids is 1. The molecule has 88 valence electrons. The summed E-state index contributed by atoms with van der Waals surface area (Å²) in [5, 5.41) is 0. The summed E-state index contributed by atoms with van der Waals surface area (Å²) < 4.78 is 0. The first-order valence-corrected chi connectivity index (χ1v) is 7.01. The molecule has 0 fully saturated rings. The molecule has 0 heterocycles. The summed E-state index contributed by atoms with van der Waals surface area (Å²) >= 11 is 1.88. The Bertz CT molecular complexity index is 306. The Labute approximate surface area is 103 Å². The molecule has 0 radical (unpaired) electrons. The second-order valence-corrected chi connectivity index (χ2v) is 5.56. The summed E-state index contributed by atoms with van der Waals surface area (Å²) in [5.74, 6) is 3.13. The van der Waals surface area contributed by atoms with Crippen LogP contribution in [-0.4, -0.2) is 17.3 Å². The molecule has 0 aromatic heterocycles. The minimum absolute atomic E-state index is 0.262. The van der Waals surface area contributed by atoms with Crippen LogP contribution in [-0.2, 0) is 0 Å². The molecule has 0 atom stereocenters. The number of rotatable bonds is 7. The Kier molecular flexibility index (Phi) is 6.24. The second-order valence-electron chi connectivity index (χ2n) is 4.33. The van der Waals surface area contributed by atoms with Gasteiger partial charge in [-0.2, -0.15) is 11.8 Å². The fourth-order valence-electron chi connectivity index (χ4n) is 1.35. The van der Waals surface area contributed by atoms with E-state index in [-0.39, 0.29) is 5.78 Å². The SMILES string of the molecule is CC(C)CCSCCC(=O)c1ccccc1. The zero-order valence-electron chi connectivity index (χ0n) is 10.1. The fourth-order valence-corrected chi connectivity index (χ4v) is 2.53. The van der Waals surface area contributed by atoms with E-state index in [4.69, 9.17) is 0 Å². The molecule has 0 saturated carbocycles. The van der Waals surface area contributed by atoms with Gasteiger partial charge in [-0.25, -0.2) is 0 Å². The third-order valence-electron chi connectivity index (χ3n) is 2.41. The van der Waals surface area contributed by atoms with Gasteiger partial charge in [-0.15, -0.1) is 0 Å². The number of hydrogen-bond acceptors (Lipinski definition) is 2. The van der Waals surface area contributed by atoms with Crippen molar-refractivity contribution in [1.29, 1.82) is 0 Å². The largest absolute Gasteiger partial charge is 0.294 e. The molecule has 0 spiro atoms. The van der Waals surface area contributed by atoms with Crippen molar-refractivity contribution in [2.75, 3.05) is 11.5 Å².